The molecule has 0 radical (unpaired) electrons. The van der Waals surface area contributed by atoms with Gasteiger partial charge < -0.3 is 20.7 Å². The number of carbonyl (C=O) groups is 1. The smallest absolute Gasteiger partial charge is 0.250 e. The fraction of sp³-hybridized carbons (Fsp3) is 0.455. The van der Waals surface area contributed by atoms with Crippen molar-refractivity contribution >= 4 is 5.91 Å². The Kier molecular flexibility index (Phi) is 7.39. The standard InChI is InChI=1S/C22H30N4O2/c1-17-5-2-3-13-26(17)14-4-12-24-15-18-6-9-20(10-7-18)28-21-11-8-19(16-25-21)22(23)27/h6-11,16-17,24H,2-5,12-15H2,1H3,(H2,23,27). The molecule has 1 saturated heterocycles. The first-order valence-corrected chi connectivity index (χ1v) is 10.1. The molecule has 2 heterocycles. The van der Waals surface area contributed by atoms with Crippen LogP contribution in [-0.4, -0.2) is 41.5 Å². The van der Waals surface area contributed by atoms with Gasteiger partial charge in [-0.25, -0.2) is 4.98 Å². The number of nitrogens with two attached hydrogens (primary N) is 1. The Hall–Kier alpha value is -2.44. The third-order valence-electron chi connectivity index (χ3n) is 5.24. The Morgan fingerprint density at radius 1 is 1.25 bits per heavy atom. The predicted octanol–water partition coefficient (Wildman–Crippen LogP) is 3.33. The maximum absolute atomic E-state index is 11.1. The average molecular weight is 383 g/mol. The van der Waals surface area contributed by atoms with Crippen molar-refractivity contribution in [2.45, 2.75) is 45.2 Å². The second kappa shape index (κ2) is 10.2. The highest BCUT2D eigenvalue weighted by Crippen LogP contribution is 2.20. The van der Waals surface area contributed by atoms with Crippen molar-refractivity contribution in [2.24, 2.45) is 5.73 Å². The third kappa shape index (κ3) is 6.04. The monoisotopic (exact) mass is 382 g/mol. The number of hydrogen-bond acceptors (Lipinski definition) is 5. The second-order valence-corrected chi connectivity index (χ2v) is 7.41. The Balaban J connectivity index is 1.37. The zero-order chi connectivity index (χ0) is 19.8. The lowest BCUT2D eigenvalue weighted by Gasteiger charge is -2.33. The molecular weight excluding hydrogens is 352 g/mol. The van der Waals surface area contributed by atoms with E-state index in [2.05, 4.69) is 22.1 Å². The molecule has 0 bridgehead atoms. The van der Waals surface area contributed by atoms with Crippen LogP contribution in [-0.2, 0) is 6.54 Å². The summed E-state index contributed by atoms with van der Waals surface area (Å²) in [6, 6.07) is 11.9. The van der Waals surface area contributed by atoms with E-state index in [9.17, 15) is 4.79 Å². The summed E-state index contributed by atoms with van der Waals surface area (Å²) in [6.45, 7) is 6.65. The molecule has 1 unspecified atom stereocenters. The SMILES string of the molecule is CC1CCCCN1CCCNCc1ccc(Oc2ccc(C(N)=O)cn2)cc1. The number of ether oxygens (including phenoxy) is 1. The summed E-state index contributed by atoms with van der Waals surface area (Å²) in [4.78, 5) is 17.8. The van der Waals surface area contributed by atoms with Crippen LogP contribution in [0.5, 0.6) is 11.6 Å². The normalized spacial score (nSPS) is 17.4. The minimum atomic E-state index is -0.499. The maximum atomic E-state index is 11.1. The molecule has 3 rings (SSSR count). The molecule has 6 heteroatoms. The minimum Gasteiger partial charge on any atom is -0.439 e. The van der Waals surface area contributed by atoms with Gasteiger partial charge in [0, 0.05) is 24.8 Å². The molecule has 2 aromatic rings. The van der Waals surface area contributed by atoms with Gasteiger partial charge in [-0.3, -0.25) is 4.79 Å². The first-order valence-electron chi connectivity index (χ1n) is 10.1. The largest absolute Gasteiger partial charge is 0.439 e. The summed E-state index contributed by atoms with van der Waals surface area (Å²) in [7, 11) is 0. The van der Waals surface area contributed by atoms with Crippen molar-refractivity contribution < 1.29 is 9.53 Å². The van der Waals surface area contributed by atoms with Gasteiger partial charge in [0.1, 0.15) is 5.75 Å². The Labute approximate surface area is 167 Å². The van der Waals surface area contributed by atoms with E-state index in [1.54, 1.807) is 12.1 Å². The van der Waals surface area contributed by atoms with E-state index in [1.807, 2.05) is 24.3 Å². The van der Waals surface area contributed by atoms with Crippen LogP contribution in [0, 0.1) is 0 Å². The van der Waals surface area contributed by atoms with Crippen LogP contribution in [0.4, 0.5) is 0 Å². The van der Waals surface area contributed by atoms with Gasteiger partial charge in [-0.1, -0.05) is 18.6 Å². The van der Waals surface area contributed by atoms with Crippen LogP contribution < -0.4 is 15.8 Å². The number of pyridine rings is 1. The van der Waals surface area contributed by atoms with Crippen LogP contribution in [0.2, 0.25) is 0 Å². The fourth-order valence-corrected chi connectivity index (χ4v) is 3.51. The van der Waals surface area contributed by atoms with Crippen molar-refractivity contribution in [1.82, 2.24) is 15.2 Å². The molecule has 0 aliphatic carbocycles. The first kappa shape index (κ1) is 20.3. The van der Waals surface area contributed by atoms with Gasteiger partial charge in [0.15, 0.2) is 0 Å². The molecule has 3 N–H and O–H groups in total. The highest BCUT2D eigenvalue weighted by atomic mass is 16.5. The van der Waals surface area contributed by atoms with Crippen molar-refractivity contribution in [3.63, 3.8) is 0 Å². The lowest BCUT2D eigenvalue weighted by molar-refractivity contribution is 0.1000. The molecule has 0 saturated carbocycles. The van der Waals surface area contributed by atoms with Crippen LogP contribution in [0.25, 0.3) is 0 Å². The third-order valence-corrected chi connectivity index (χ3v) is 5.24. The molecule has 0 spiro atoms. The van der Waals surface area contributed by atoms with Crippen molar-refractivity contribution in [3.8, 4) is 11.6 Å². The van der Waals surface area contributed by atoms with Crippen LogP contribution in [0.1, 0.15) is 48.5 Å². The number of nitrogens with zero attached hydrogens (tertiary/aromatic N) is 2. The van der Waals surface area contributed by atoms with Gasteiger partial charge in [0.25, 0.3) is 0 Å². The molecule has 6 nitrogen and oxygen atoms in total. The number of aromatic nitrogens is 1. The number of nitrogens with one attached hydrogen (secondary N) is 1. The van der Waals surface area contributed by atoms with Gasteiger partial charge in [0.05, 0.1) is 5.56 Å². The maximum Gasteiger partial charge on any atom is 0.250 e. The first-order chi connectivity index (χ1) is 13.6. The molecule has 150 valence electrons. The number of rotatable bonds is 9. The molecule has 1 fully saturated rings. The summed E-state index contributed by atoms with van der Waals surface area (Å²) < 4.78 is 5.70. The zero-order valence-corrected chi connectivity index (χ0v) is 16.6. The van der Waals surface area contributed by atoms with E-state index in [0.29, 0.717) is 17.2 Å². The fourth-order valence-electron chi connectivity index (χ4n) is 3.51. The summed E-state index contributed by atoms with van der Waals surface area (Å²) >= 11 is 0. The van der Waals surface area contributed by atoms with Crippen LogP contribution >= 0.6 is 0 Å². The Bertz CT molecular complexity index is 746. The van der Waals surface area contributed by atoms with Gasteiger partial charge in [-0.2, -0.15) is 0 Å². The molecule has 1 aromatic carbocycles. The quantitative estimate of drug-likeness (QED) is 0.650. The minimum absolute atomic E-state index is 0.364. The molecule has 1 aliphatic heterocycles. The van der Waals surface area contributed by atoms with E-state index in [0.717, 1.165) is 19.1 Å². The van der Waals surface area contributed by atoms with Crippen LogP contribution in [0.3, 0.4) is 0 Å². The van der Waals surface area contributed by atoms with Gasteiger partial charge >= 0.3 is 0 Å². The highest BCUT2D eigenvalue weighted by Gasteiger charge is 2.16. The highest BCUT2D eigenvalue weighted by molar-refractivity contribution is 5.92. The van der Waals surface area contributed by atoms with E-state index in [-0.39, 0.29) is 0 Å². The Morgan fingerprint density at radius 2 is 2.07 bits per heavy atom. The molecule has 1 aliphatic rings. The summed E-state index contributed by atoms with van der Waals surface area (Å²) in [6.07, 6.45) is 6.66. The summed E-state index contributed by atoms with van der Waals surface area (Å²) in [5.41, 5.74) is 6.79. The van der Waals surface area contributed by atoms with Gasteiger partial charge in [0.2, 0.25) is 11.8 Å². The van der Waals surface area contributed by atoms with Crippen LogP contribution in [0.15, 0.2) is 42.6 Å². The number of hydrogen-bond donors (Lipinski definition) is 2. The molecule has 1 aromatic heterocycles. The predicted molar refractivity (Wildman–Crippen MR) is 110 cm³/mol. The number of amides is 1. The van der Waals surface area contributed by atoms with Crippen molar-refractivity contribution in [1.29, 1.82) is 0 Å². The lowest BCUT2D eigenvalue weighted by Crippen LogP contribution is -2.38. The molecule has 1 atom stereocenters. The molecule has 28 heavy (non-hydrogen) atoms. The van der Waals surface area contributed by atoms with Gasteiger partial charge in [-0.15, -0.1) is 0 Å². The van der Waals surface area contributed by atoms with E-state index in [1.165, 1.54) is 50.5 Å². The van der Waals surface area contributed by atoms with Gasteiger partial charge in [-0.05, 0) is 69.6 Å². The van der Waals surface area contributed by atoms with E-state index < -0.39 is 5.91 Å². The Morgan fingerprint density at radius 3 is 2.75 bits per heavy atom. The van der Waals surface area contributed by atoms with E-state index >= 15 is 0 Å². The number of benzene rings is 1. The lowest BCUT2D eigenvalue weighted by atomic mass is 10.0. The number of piperidine rings is 1. The van der Waals surface area contributed by atoms with Crippen molar-refractivity contribution in [3.05, 3.63) is 53.7 Å². The zero-order valence-electron chi connectivity index (χ0n) is 16.6. The average Bonchev–Trinajstić information content (AvgIpc) is 2.71. The summed E-state index contributed by atoms with van der Waals surface area (Å²) in [5, 5.41) is 3.52. The molecular formula is C22H30N4O2. The number of carbonyl (C=O) groups excluding carboxylic acids is 1. The topological polar surface area (TPSA) is 80.5 Å². The molecule has 1 amide bonds. The second-order valence-electron chi connectivity index (χ2n) is 7.41. The number of likely N-dealkylation sites (tertiary alicyclic amines) is 1. The van der Waals surface area contributed by atoms with Crippen molar-refractivity contribution in [2.75, 3.05) is 19.6 Å². The summed E-state index contributed by atoms with van der Waals surface area (Å²) in [5.74, 6) is 0.645. The van der Waals surface area contributed by atoms with E-state index in [4.69, 9.17) is 10.5 Å². The number of primary amides is 1.